The number of alkyl halides is 2. The largest absolute Gasteiger partial charge is 0.503 e. The van der Waals surface area contributed by atoms with E-state index in [9.17, 15) is 13.6 Å². The van der Waals surface area contributed by atoms with Crippen molar-refractivity contribution < 1.29 is 13.9 Å². The standard InChI is InChI=1S/C7H8F2N2O2/c8-7(9)4-6(13)5(12)3(1-10)2-11-4/h2,7,13H,1,10H2,(H,11,12). The predicted molar refractivity (Wildman–Crippen MR) is 41.6 cm³/mol. The van der Waals surface area contributed by atoms with Crippen LogP contribution in [-0.2, 0) is 6.54 Å². The summed E-state index contributed by atoms with van der Waals surface area (Å²) < 4.78 is 24.2. The molecule has 0 saturated carbocycles. The summed E-state index contributed by atoms with van der Waals surface area (Å²) >= 11 is 0. The van der Waals surface area contributed by atoms with Crippen LogP contribution in [0.1, 0.15) is 17.7 Å². The zero-order chi connectivity index (χ0) is 10.0. The van der Waals surface area contributed by atoms with Gasteiger partial charge in [-0.2, -0.15) is 0 Å². The minimum atomic E-state index is -2.90. The van der Waals surface area contributed by atoms with Gasteiger partial charge in [-0.05, 0) is 0 Å². The van der Waals surface area contributed by atoms with Gasteiger partial charge >= 0.3 is 0 Å². The van der Waals surface area contributed by atoms with Gasteiger partial charge in [0.2, 0.25) is 5.43 Å². The molecule has 0 amide bonds. The quantitative estimate of drug-likeness (QED) is 0.634. The van der Waals surface area contributed by atoms with E-state index in [2.05, 4.69) is 4.98 Å². The Labute approximate surface area is 72.0 Å². The van der Waals surface area contributed by atoms with Gasteiger partial charge < -0.3 is 15.8 Å². The molecule has 72 valence electrons. The van der Waals surface area contributed by atoms with E-state index in [4.69, 9.17) is 10.8 Å². The van der Waals surface area contributed by atoms with Crippen molar-refractivity contribution in [2.24, 2.45) is 5.73 Å². The number of hydrogen-bond donors (Lipinski definition) is 3. The van der Waals surface area contributed by atoms with Gasteiger partial charge in [0.05, 0.1) is 0 Å². The number of nitrogens with two attached hydrogens (primary N) is 1. The Morgan fingerprint density at radius 3 is 2.69 bits per heavy atom. The highest BCUT2D eigenvalue weighted by Crippen LogP contribution is 2.22. The Kier molecular flexibility index (Phi) is 2.62. The highest BCUT2D eigenvalue weighted by molar-refractivity contribution is 5.30. The smallest absolute Gasteiger partial charge is 0.282 e. The van der Waals surface area contributed by atoms with Crippen molar-refractivity contribution in [2.75, 3.05) is 0 Å². The van der Waals surface area contributed by atoms with Crippen molar-refractivity contribution in [1.82, 2.24) is 4.98 Å². The molecule has 0 spiro atoms. The monoisotopic (exact) mass is 190 g/mol. The lowest BCUT2D eigenvalue weighted by molar-refractivity contribution is 0.141. The van der Waals surface area contributed by atoms with Crippen molar-refractivity contribution in [3.63, 3.8) is 0 Å². The summed E-state index contributed by atoms with van der Waals surface area (Å²) in [6.07, 6.45) is -1.83. The SMILES string of the molecule is NCc1c[nH]c(C(F)F)c(O)c1=O. The second kappa shape index (κ2) is 3.53. The lowest BCUT2D eigenvalue weighted by Crippen LogP contribution is -2.15. The van der Waals surface area contributed by atoms with Crippen LogP contribution in [0.4, 0.5) is 8.78 Å². The first-order valence-corrected chi connectivity index (χ1v) is 3.49. The molecule has 4 N–H and O–H groups in total. The van der Waals surface area contributed by atoms with Crippen LogP contribution in [0.2, 0.25) is 0 Å². The molecule has 6 heteroatoms. The van der Waals surface area contributed by atoms with Gasteiger partial charge in [-0.25, -0.2) is 8.78 Å². The number of H-pyrrole nitrogens is 1. The summed E-state index contributed by atoms with van der Waals surface area (Å²) in [5.74, 6) is -0.960. The van der Waals surface area contributed by atoms with Gasteiger partial charge in [0, 0.05) is 18.3 Å². The third-order valence-electron chi connectivity index (χ3n) is 1.60. The summed E-state index contributed by atoms with van der Waals surface area (Å²) in [6.45, 7) is -0.105. The van der Waals surface area contributed by atoms with Crippen molar-refractivity contribution in [3.05, 3.63) is 27.7 Å². The van der Waals surface area contributed by atoms with Crippen molar-refractivity contribution in [2.45, 2.75) is 13.0 Å². The van der Waals surface area contributed by atoms with Crippen molar-refractivity contribution in [1.29, 1.82) is 0 Å². The van der Waals surface area contributed by atoms with Gasteiger partial charge in [-0.15, -0.1) is 0 Å². The molecule has 1 aromatic heterocycles. The van der Waals surface area contributed by atoms with E-state index in [1.165, 1.54) is 0 Å². The number of aromatic hydroxyl groups is 1. The summed E-state index contributed by atoms with van der Waals surface area (Å²) in [4.78, 5) is 13.2. The first-order valence-electron chi connectivity index (χ1n) is 3.49. The first kappa shape index (κ1) is 9.66. The number of aromatic amines is 1. The fraction of sp³-hybridized carbons (Fsp3) is 0.286. The Hall–Kier alpha value is -1.43. The highest BCUT2D eigenvalue weighted by atomic mass is 19.3. The topological polar surface area (TPSA) is 79.1 Å². The van der Waals surface area contributed by atoms with E-state index >= 15 is 0 Å². The summed E-state index contributed by atoms with van der Waals surface area (Å²) in [5, 5.41) is 9.00. The fourth-order valence-corrected chi connectivity index (χ4v) is 0.891. The third kappa shape index (κ3) is 1.67. The fourth-order valence-electron chi connectivity index (χ4n) is 0.891. The second-order valence-corrected chi connectivity index (χ2v) is 2.41. The van der Waals surface area contributed by atoms with Crippen LogP contribution in [0.5, 0.6) is 5.75 Å². The Morgan fingerprint density at radius 1 is 1.62 bits per heavy atom. The maximum absolute atomic E-state index is 12.1. The van der Waals surface area contributed by atoms with Crippen LogP contribution >= 0.6 is 0 Å². The number of hydrogen-bond acceptors (Lipinski definition) is 3. The number of nitrogens with one attached hydrogen (secondary N) is 1. The minimum Gasteiger partial charge on any atom is -0.503 e. The molecule has 0 atom stereocenters. The van der Waals surface area contributed by atoms with E-state index in [-0.39, 0.29) is 12.1 Å². The van der Waals surface area contributed by atoms with Crippen LogP contribution in [0.3, 0.4) is 0 Å². The average molecular weight is 190 g/mol. The third-order valence-corrected chi connectivity index (χ3v) is 1.60. The van der Waals surface area contributed by atoms with Crippen LogP contribution in [0.25, 0.3) is 0 Å². The molecule has 13 heavy (non-hydrogen) atoms. The van der Waals surface area contributed by atoms with Gasteiger partial charge in [0.15, 0.2) is 5.75 Å². The molecule has 0 fully saturated rings. The number of rotatable bonds is 2. The molecule has 0 aliphatic rings. The second-order valence-electron chi connectivity index (χ2n) is 2.41. The predicted octanol–water partition coefficient (Wildman–Crippen LogP) is 0.477. The lowest BCUT2D eigenvalue weighted by Gasteiger charge is -2.03. The molecule has 0 bridgehead atoms. The first-order chi connectivity index (χ1) is 6.07. The molecule has 1 rings (SSSR count). The summed E-state index contributed by atoms with van der Waals surface area (Å²) in [7, 11) is 0. The average Bonchev–Trinajstić information content (AvgIpc) is 2.09. The molecule has 0 aliphatic heterocycles. The van der Waals surface area contributed by atoms with E-state index in [1.807, 2.05) is 0 Å². The van der Waals surface area contributed by atoms with Gasteiger partial charge in [0.25, 0.3) is 6.43 Å². The molecular weight excluding hydrogens is 182 g/mol. The Bertz CT molecular complexity index is 362. The Morgan fingerprint density at radius 2 is 2.23 bits per heavy atom. The zero-order valence-corrected chi connectivity index (χ0v) is 6.55. The zero-order valence-electron chi connectivity index (χ0n) is 6.55. The van der Waals surface area contributed by atoms with E-state index in [0.29, 0.717) is 0 Å². The molecule has 0 aromatic carbocycles. The number of halogens is 2. The van der Waals surface area contributed by atoms with Crippen LogP contribution < -0.4 is 11.2 Å². The number of aromatic nitrogens is 1. The van der Waals surface area contributed by atoms with Crippen LogP contribution in [0, 0.1) is 0 Å². The number of pyridine rings is 1. The molecular formula is C7H8F2N2O2. The Balaban J connectivity index is 3.32. The minimum absolute atomic E-state index is 0.0712. The summed E-state index contributed by atoms with van der Waals surface area (Å²) in [6, 6.07) is 0. The van der Waals surface area contributed by atoms with Gasteiger partial charge in [0.1, 0.15) is 5.69 Å². The maximum atomic E-state index is 12.1. The molecule has 1 heterocycles. The lowest BCUT2D eigenvalue weighted by atomic mass is 10.2. The van der Waals surface area contributed by atoms with Crippen LogP contribution in [0.15, 0.2) is 11.0 Å². The van der Waals surface area contributed by atoms with Gasteiger partial charge in [-0.3, -0.25) is 4.79 Å². The molecule has 1 aromatic rings. The van der Waals surface area contributed by atoms with E-state index < -0.39 is 23.3 Å². The summed E-state index contributed by atoms with van der Waals surface area (Å²) in [5.41, 5.74) is 3.57. The van der Waals surface area contributed by atoms with E-state index in [1.54, 1.807) is 0 Å². The molecule has 0 unspecified atom stereocenters. The van der Waals surface area contributed by atoms with E-state index in [0.717, 1.165) is 6.20 Å². The molecule has 0 radical (unpaired) electrons. The van der Waals surface area contributed by atoms with Crippen molar-refractivity contribution >= 4 is 0 Å². The van der Waals surface area contributed by atoms with Gasteiger partial charge in [-0.1, -0.05) is 0 Å². The normalized spacial score (nSPS) is 10.8. The highest BCUT2D eigenvalue weighted by Gasteiger charge is 2.17. The molecule has 0 aliphatic carbocycles. The molecule has 4 nitrogen and oxygen atoms in total. The molecule has 0 saturated heterocycles. The maximum Gasteiger partial charge on any atom is 0.282 e. The van der Waals surface area contributed by atoms with Crippen molar-refractivity contribution in [3.8, 4) is 5.75 Å². The van der Waals surface area contributed by atoms with Crippen LogP contribution in [-0.4, -0.2) is 10.1 Å².